The van der Waals surface area contributed by atoms with Gasteiger partial charge in [0, 0.05) is 22.9 Å². The molecular formula is C25H34N2O2. The summed E-state index contributed by atoms with van der Waals surface area (Å²) >= 11 is 0. The van der Waals surface area contributed by atoms with Crippen molar-refractivity contribution in [3.63, 3.8) is 0 Å². The number of hydrogen-bond acceptors (Lipinski definition) is 3. The summed E-state index contributed by atoms with van der Waals surface area (Å²) in [7, 11) is 0. The van der Waals surface area contributed by atoms with Crippen molar-refractivity contribution in [1.82, 2.24) is 10.2 Å². The average Bonchev–Trinajstić information content (AvgIpc) is 3.53. The zero-order chi connectivity index (χ0) is 19.6. The summed E-state index contributed by atoms with van der Waals surface area (Å²) < 4.78 is 5.77. The van der Waals surface area contributed by atoms with E-state index in [-0.39, 0.29) is 0 Å². The molecule has 2 aromatic rings. The number of nitrogens with one attached hydrogen (secondary N) is 1. The van der Waals surface area contributed by atoms with Gasteiger partial charge in [-0.25, -0.2) is 0 Å². The van der Waals surface area contributed by atoms with Gasteiger partial charge in [0.05, 0.1) is 6.26 Å². The molecule has 0 radical (unpaired) electrons. The zero-order valence-corrected chi connectivity index (χ0v) is 17.4. The maximum Gasteiger partial charge on any atom is 0.223 e. The molecule has 1 aliphatic heterocycles. The van der Waals surface area contributed by atoms with Crippen LogP contribution in [0.1, 0.15) is 69.3 Å². The fourth-order valence-corrected chi connectivity index (χ4v) is 5.41. The van der Waals surface area contributed by atoms with Crippen LogP contribution in [0.4, 0.5) is 0 Å². The van der Waals surface area contributed by atoms with Gasteiger partial charge in [-0.05, 0) is 95.3 Å². The van der Waals surface area contributed by atoms with E-state index in [0.29, 0.717) is 23.8 Å². The van der Waals surface area contributed by atoms with E-state index in [9.17, 15) is 4.79 Å². The second-order valence-corrected chi connectivity index (χ2v) is 9.59. The number of rotatable bonds is 6. The smallest absolute Gasteiger partial charge is 0.223 e. The number of benzene rings is 1. The summed E-state index contributed by atoms with van der Waals surface area (Å²) in [4.78, 5) is 14.6. The van der Waals surface area contributed by atoms with Crippen LogP contribution in [0.2, 0.25) is 0 Å². The van der Waals surface area contributed by atoms with Crippen LogP contribution in [-0.4, -0.2) is 36.5 Å². The molecular weight excluding hydrogens is 360 g/mol. The van der Waals surface area contributed by atoms with E-state index in [1.807, 2.05) is 12.3 Å². The van der Waals surface area contributed by atoms with Crippen LogP contribution in [0.3, 0.4) is 0 Å². The van der Waals surface area contributed by atoms with Crippen molar-refractivity contribution in [2.45, 2.75) is 69.7 Å². The molecule has 1 amide bonds. The quantitative estimate of drug-likeness (QED) is 0.742. The van der Waals surface area contributed by atoms with Gasteiger partial charge in [-0.2, -0.15) is 0 Å². The highest BCUT2D eigenvalue weighted by Gasteiger charge is 2.32. The summed E-state index contributed by atoms with van der Waals surface area (Å²) in [5.41, 5.74) is 2.43. The molecule has 4 heteroatoms. The zero-order valence-electron chi connectivity index (χ0n) is 17.4. The van der Waals surface area contributed by atoms with Gasteiger partial charge in [-0.1, -0.05) is 18.2 Å². The van der Waals surface area contributed by atoms with Crippen LogP contribution in [-0.2, 0) is 4.79 Å². The number of likely N-dealkylation sites (tertiary alicyclic amines) is 1. The Kier molecular flexibility index (Phi) is 5.63. The van der Waals surface area contributed by atoms with Gasteiger partial charge in [-0.15, -0.1) is 0 Å². The van der Waals surface area contributed by atoms with Crippen molar-refractivity contribution < 1.29 is 9.21 Å². The molecule has 1 aromatic carbocycles. The monoisotopic (exact) mass is 394 g/mol. The fourth-order valence-electron chi connectivity index (χ4n) is 5.41. The van der Waals surface area contributed by atoms with Crippen molar-refractivity contribution in [3.05, 3.63) is 36.1 Å². The van der Waals surface area contributed by atoms with Crippen molar-refractivity contribution in [2.75, 3.05) is 19.6 Å². The van der Waals surface area contributed by atoms with Crippen LogP contribution < -0.4 is 5.32 Å². The molecule has 1 saturated heterocycles. The van der Waals surface area contributed by atoms with Crippen molar-refractivity contribution in [2.24, 2.45) is 11.8 Å². The number of carbonyl (C=O) groups excluding carboxylic acids is 1. The first-order valence-corrected chi connectivity index (χ1v) is 11.7. The van der Waals surface area contributed by atoms with Crippen LogP contribution in [0.25, 0.3) is 11.0 Å². The highest BCUT2D eigenvalue weighted by molar-refractivity contribution is 5.81. The minimum atomic E-state index is 0.321. The number of amides is 1. The maximum atomic E-state index is 11.9. The molecule has 29 heavy (non-hydrogen) atoms. The van der Waals surface area contributed by atoms with Crippen LogP contribution in [0.5, 0.6) is 0 Å². The first-order valence-electron chi connectivity index (χ1n) is 11.7. The molecule has 0 atom stereocenters. The predicted octanol–water partition coefficient (Wildman–Crippen LogP) is 5.09. The molecule has 0 spiro atoms. The molecule has 1 N–H and O–H groups in total. The topological polar surface area (TPSA) is 45.5 Å². The highest BCUT2D eigenvalue weighted by Crippen LogP contribution is 2.35. The molecule has 0 bridgehead atoms. The van der Waals surface area contributed by atoms with Crippen molar-refractivity contribution in [1.29, 1.82) is 0 Å². The molecule has 3 aliphatic rings. The standard InChI is InChI=1S/C25H34N2O2/c28-25(20-7-8-20)26-21-9-5-18(6-10-21)11-14-27-15-12-19(13-16-27)23-17-29-24-4-2-1-3-22(23)24/h1-4,17-21H,5-16H2,(H,26,28)/t18-,21-. The van der Waals surface area contributed by atoms with E-state index in [1.165, 1.54) is 75.5 Å². The van der Waals surface area contributed by atoms with Gasteiger partial charge in [0.1, 0.15) is 5.58 Å². The molecule has 2 saturated carbocycles. The van der Waals surface area contributed by atoms with Crippen LogP contribution in [0.15, 0.2) is 34.9 Å². The second-order valence-electron chi connectivity index (χ2n) is 9.59. The van der Waals surface area contributed by atoms with E-state index < -0.39 is 0 Å². The van der Waals surface area contributed by atoms with E-state index in [0.717, 1.165) is 24.3 Å². The number of furan rings is 1. The fraction of sp³-hybridized carbons (Fsp3) is 0.640. The Bertz CT molecular complexity index is 824. The third kappa shape index (κ3) is 4.53. The van der Waals surface area contributed by atoms with Gasteiger partial charge in [-0.3, -0.25) is 4.79 Å². The Balaban J connectivity index is 1.03. The van der Waals surface area contributed by atoms with Crippen molar-refractivity contribution in [3.8, 4) is 0 Å². The number of nitrogens with zero attached hydrogens (tertiary/aromatic N) is 1. The molecule has 3 fully saturated rings. The predicted molar refractivity (Wildman–Crippen MR) is 116 cm³/mol. The first-order chi connectivity index (χ1) is 14.3. The Morgan fingerprint density at radius 1 is 1.00 bits per heavy atom. The van der Waals surface area contributed by atoms with E-state index >= 15 is 0 Å². The Labute approximate surface area is 174 Å². The van der Waals surface area contributed by atoms with E-state index in [4.69, 9.17) is 4.42 Å². The summed E-state index contributed by atoms with van der Waals surface area (Å²) in [6, 6.07) is 8.87. The molecule has 2 aliphatic carbocycles. The summed E-state index contributed by atoms with van der Waals surface area (Å²) in [6.07, 6.45) is 12.9. The lowest BCUT2D eigenvalue weighted by atomic mass is 9.83. The first kappa shape index (κ1) is 19.2. The molecule has 5 rings (SSSR count). The lowest BCUT2D eigenvalue weighted by molar-refractivity contribution is -0.123. The third-order valence-corrected chi connectivity index (χ3v) is 7.53. The highest BCUT2D eigenvalue weighted by atomic mass is 16.3. The van der Waals surface area contributed by atoms with Crippen LogP contribution in [0, 0.1) is 11.8 Å². The Morgan fingerprint density at radius 3 is 2.52 bits per heavy atom. The number of piperidine rings is 1. The van der Waals surface area contributed by atoms with Gasteiger partial charge >= 0.3 is 0 Å². The summed E-state index contributed by atoms with van der Waals surface area (Å²) in [5, 5.41) is 4.58. The minimum absolute atomic E-state index is 0.321. The lowest BCUT2D eigenvalue weighted by Gasteiger charge is -2.34. The van der Waals surface area contributed by atoms with Gasteiger partial charge < -0.3 is 14.6 Å². The number of fused-ring (bicyclic) bond motifs is 1. The van der Waals surface area contributed by atoms with Gasteiger partial charge in [0.2, 0.25) is 5.91 Å². The molecule has 0 unspecified atom stereocenters. The van der Waals surface area contributed by atoms with Crippen molar-refractivity contribution >= 4 is 16.9 Å². The summed E-state index contributed by atoms with van der Waals surface area (Å²) in [5.74, 6) is 2.15. The SMILES string of the molecule is O=C(N[C@H]1CC[C@H](CCN2CCC(c3coc4ccccc34)CC2)CC1)C1CC1. The average molecular weight is 395 g/mol. The van der Waals surface area contributed by atoms with Gasteiger partial charge in [0.25, 0.3) is 0 Å². The van der Waals surface area contributed by atoms with Gasteiger partial charge in [0.15, 0.2) is 0 Å². The number of hydrogen-bond donors (Lipinski definition) is 1. The molecule has 2 heterocycles. The number of carbonyl (C=O) groups is 1. The maximum absolute atomic E-state index is 11.9. The molecule has 1 aromatic heterocycles. The third-order valence-electron chi connectivity index (χ3n) is 7.53. The molecule has 4 nitrogen and oxygen atoms in total. The number of para-hydroxylation sites is 1. The Hall–Kier alpha value is -1.81. The minimum Gasteiger partial charge on any atom is -0.464 e. The second kappa shape index (κ2) is 8.51. The van der Waals surface area contributed by atoms with Crippen LogP contribution >= 0.6 is 0 Å². The normalized spacial score (nSPS) is 26.6. The summed E-state index contributed by atoms with van der Waals surface area (Å²) in [6.45, 7) is 3.65. The molecule has 156 valence electrons. The lowest BCUT2D eigenvalue weighted by Crippen LogP contribution is -2.39. The Morgan fingerprint density at radius 2 is 1.76 bits per heavy atom. The van der Waals surface area contributed by atoms with E-state index in [1.54, 1.807) is 0 Å². The van der Waals surface area contributed by atoms with E-state index in [2.05, 4.69) is 28.4 Å². The largest absolute Gasteiger partial charge is 0.464 e.